The number of nitrogens with zero attached hydrogens (tertiary/aromatic N) is 1. The number of thiophene rings is 1. The molecule has 3 heterocycles. The van der Waals surface area contributed by atoms with Gasteiger partial charge in [0.2, 0.25) is 0 Å². The van der Waals surface area contributed by atoms with Crippen molar-refractivity contribution in [3.05, 3.63) is 57.2 Å². The van der Waals surface area contributed by atoms with Crippen LogP contribution in [0.5, 0.6) is 0 Å². The largest absolute Gasteiger partial charge is 0.377 e. The van der Waals surface area contributed by atoms with Crippen molar-refractivity contribution in [2.24, 2.45) is 0 Å². The van der Waals surface area contributed by atoms with Crippen LogP contribution in [0.4, 0.5) is 0 Å². The Labute approximate surface area is 177 Å². The van der Waals surface area contributed by atoms with Crippen LogP contribution in [0.3, 0.4) is 0 Å². The number of aromatic nitrogens is 1. The topological polar surface area (TPSA) is 51.2 Å². The maximum Gasteiger partial charge on any atom is 0.252 e. The molecule has 0 aliphatic carbocycles. The van der Waals surface area contributed by atoms with Crippen molar-refractivity contribution in [2.45, 2.75) is 37.3 Å². The monoisotopic (exact) mass is 430 g/mol. The number of hydrogen-bond donors (Lipinski definition) is 1. The molecule has 28 heavy (non-hydrogen) atoms. The maximum absolute atomic E-state index is 12.8. The molecule has 7 heteroatoms. The van der Waals surface area contributed by atoms with Crippen LogP contribution in [0.2, 0.25) is 0 Å². The molecule has 0 bridgehead atoms. The standard InChI is InChI=1S/C21H22N2O2S3/c1-14-23-18(13-26-14)20-9-8-16(28-20)11-22-21(24)17-6-2-3-7-19(17)27-12-15-5-4-10-25-15/h2-3,6-9,13,15H,4-5,10-12H2,1H3,(H,22,24)/t15-/m1/s1. The highest BCUT2D eigenvalue weighted by Gasteiger charge is 2.18. The van der Waals surface area contributed by atoms with E-state index in [9.17, 15) is 4.79 Å². The van der Waals surface area contributed by atoms with Gasteiger partial charge >= 0.3 is 0 Å². The number of benzene rings is 1. The van der Waals surface area contributed by atoms with Crippen LogP contribution >= 0.6 is 34.4 Å². The molecule has 1 N–H and O–H groups in total. The summed E-state index contributed by atoms with van der Waals surface area (Å²) in [5.41, 5.74) is 1.75. The second kappa shape index (κ2) is 9.22. The molecule has 0 unspecified atom stereocenters. The number of carbonyl (C=O) groups is 1. The van der Waals surface area contributed by atoms with E-state index in [1.54, 1.807) is 34.4 Å². The first kappa shape index (κ1) is 19.6. The first-order valence-electron chi connectivity index (χ1n) is 9.32. The van der Waals surface area contributed by atoms with Gasteiger partial charge in [0.15, 0.2) is 0 Å². The number of amides is 1. The Morgan fingerprint density at radius 3 is 3.00 bits per heavy atom. The van der Waals surface area contributed by atoms with Gasteiger partial charge in [0.25, 0.3) is 5.91 Å². The molecule has 1 atom stereocenters. The van der Waals surface area contributed by atoms with Gasteiger partial charge in [-0.3, -0.25) is 4.79 Å². The van der Waals surface area contributed by atoms with Crippen LogP contribution in [0.25, 0.3) is 10.6 Å². The predicted molar refractivity (Wildman–Crippen MR) is 117 cm³/mol. The normalized spacial score (nSPS) is 16.4. The van der Waals surface area contributed by atoms with Crippen LogP contribution in [0.15, 0.2) is 46.7 Å². The quantitative estimate of drug-likeness (QED) is 0.511. The molecule has 3 aromatic rings. The maximum atomic E-state index is 12.8. The van der Waals surface area contributed by atoms with Crippen LogP contribution in [0, 0.1) is 6.92 Å². The van der Waals surface area contributed by atoms with Gasteiger partial charge in [0.05, 0.1) is 33.8 Å². The zero-order valence-corrected chi connectivity index (χ0v) is 18.1. The fraction of sp³-hybridized carbons (Fsp3) is 0.333. The van der Waals surface area contributed by atoms with Gasteiger partial charge in [-0.1, -0.05) is 12.1 Å². The number of ether oxygens (including phenoxy) is 1. The minimum absolute atomic E-state index is 0.0325. The smallest absolute Gasteiger partial charge is 0.252 e. The van der Waals surface area contributed by atoms with Gasteiger partial charge < -0.3 is 10.1 Å². The molecule has 0 spiro atoms. The van der Waals surface area contributed by atoms with Gasteiger partial charge in [-0.25, -0.2) is 4.98 Å². The third-order valence-corrected chi connectivity index (χ3v) is 7.62. The molecule has 0 saturated carbocycles. The average molecular weight is 431 g/mol. The summed E-state index contributed by atoms with van der Waals surface area (Å²) in [6.07, 6.45) is 2.55. The molecule has 4 nitrogen and oxygen atoms in total. The zero-order valence-electron chi connectivity index (χ0n) is 15.6. The van der Waals surface area contributed by atoms with Crippen molar-refractivity contribution in [3.8, 4) is 10.6 Å². The van der Waals surface area contributed by atoms with Gasteiger partial charge in [0, 0.05) is 27.5 Å². The van der Waals surface area contributed by atoms with Gasteiger partial charge in [-0.2, -0.15) is 0 Å². The summed E-state index contributed by atoms with van der Waals surface area (Å²) in [5, 5.41) is 6.20. The lowest BCUT2D eigenvalue weighted by molar-refractivity contribution is 0.0948. The van der Waals surface area contributed by atoms with Crippen molar-refractivity contribution in [1.29, 1.82) is 0 Å². The van der Waals surface area contributed by atoms with E-state index < -0.39 is 0 Å². The number of hydrogen-bond acceptors (Lipinski definition) is 6. The Kier molecular flexibility index (Phi) is 6.47. The Bertz CT molecular complexity index is 945. The SMILES string of the molecule is Cc1nc(-c2ccc(CNC(=O)c3ccccc3SC[C@H]3CCCO3)s2)cs1. The van der Waals surface area contributed by atoms with E-state index in [-0.39, 0.29) is 5.91 Å². The molecule has 1 fully saturated rings. The summed E-state index contributed by atoms with van der Waals surface area (Å²) in [6, 6.07) is 11.9. The van der Waals surface area contributed by atoms with Crippen LogP contribution in [-0.4, -0.2) is 29.4 Å². The lowest BCUT2D eigenvalue weighted by atomic mass is 10.2. The van der Waals surface area contributed by atoms with Gasteiger partial charge in [0.1, 0.15) is 0 Å². The summed E-state index contributed by atoms with van der Waals surface area (Å²) in [5.74, 6) is 0.862. The van der Waals surface area contributed by atoms with Gasteiger partial charge in [-0.15, -0.1) is 34.4 Å². The molecule has 1 amide bonds. The highest BCUT2D eigenvalue weighted by atomic mass is 32.2. The summed E-state index contributed by atoms with van der Waals surface area (Å²) in [4.78, 5) is 20.6. The number of thioether (sulfide) groups is 1. The van der Waals surface area contributed by atoms with Crippen LogP contribution < -0.4 is 5.32 Å². The predicted octanol–water partition coefficient (Wildman–Crippen LogP) is 5.38. The van der Waals surface area contributed by atoms with Crippen LogP contribution in [0.1, 0.15) is 33.1 Å². The lowest BCUT2D eigenvalue weighted by Gasteiger charge is -2.12. The molecule has 4 rings (SSSR count). The van der Waals surface area contributed by atoms with Crippen LogP contribution in [-0.2, 0) is 11.3 Å². The summed E-state index contributed by atoms with van der Waals surface area (Å²) in [6.45, 7) is 3.39. The van der Waals surface area contributed by atoms with E-state index in [4.69, 9.17) is 4.74 Å². The van der Waals surface area contributed by atoms with Crippen molar-refractivity contribution in [1.82, 2.24) is 10.3 Å². The van der Waals surface area contributed by atoms with E-state index in [0.29, 0.717) is 12.6 Å². The van der Waals surface area contributed by atoms with E-state index in [2.05, 4.69) is 27.8 Å². The van der Waals surface area contributed by atoms with E-state index in [1.165, 1.54) is 0 Å². The molecular formula is C21H22N2O2S3. The molecule has 146 valence electrons. The van der Waals surface area contributed by atoms with E-state index in [0.717, 1.165) is 56.1 Å². The number of thiazole rings is 1. The Morgan fingerprint density at radius 1 is 1.32 bits per heavy atom. The Hall–Kier alpha value is -1.67. The molecular weight excluding hydrogens is 408 g/mol. The highest BCUT2D eigenvalue weighted by Crippen LogP contribution is 2.29. The summed E-state index contributed by atoms with van der Waals surface area (Å²) >= 11 is 5.04. The Morgan fingerprint density at radius 2 is 2.21 bits per heavy atom. The van der Waals surface area contributed by atoms with E-state index >= 15 is 0 Å². The average Bonchev–Trinajstić information content (AvgIpc) is 3.46. The first-order chi connectivity index (χ1) is 13.7. The number of carbonyl (C=O) groups excluding carboxylic acids is 1. The first-order valence-corrected chi connectivity index (χ1v) is 12.0. The van der Waals surface area contributed by atoms with Crippen molar-refractivity contribution < 1.29 is 9.53 Å². The summed E-state index contributed by atoms with van der Waals surface area (Å²) in [7, 11) is 0. The number of aryl methyl sites for hydroxylation is 1. The lowest BCUT2D eigenvalue weighted by Crippen LogP contribution is -2.23. The number of nitrogens with one attached hydrogen (secondary N) is 1. The van der Waals surface area contributed by atoms with Crippen molar-refractivity contribution >= 4 is 40.3 Å². The summed E-state index contributed by atoms with van der Waals surface area (Å²) < 4.78 is 5.70. The fourth-order valence-corrected chi connectivity index (χ4v) is 5.80. The highest BCUT2D eigenvalue weighted by molar-refractivity contribution is 7.99. The molecule has 1 aliphatic heterocycles. The van der Waals surface area contributed by atoms with Crippen molar-refractivity contribution in [2.75, 3.05) is 12.4 Å². The minimum atomic E-state index is -0.0325. The Balaban J connectivity index is 1.37. The molecule has 0 radical (unpaired) electrons. The second-order valence-corrected chi connectivity index (χ2v) is 9.93. The molecule has 1 aromatic carbocycles. The number of rotatable bonds is 7. The second-order valence-electron chi connectivity index (χ2n) is 6.64. The van der Waals surface area contributed by atoms with Crippen molar-refractivity contribution in [3.63, 3.8) is 0 Å². The molecule has 1 saturated heterocycles. The molecule has 2 aromatic heterocycles. The third-order valence-electron chi connectivity index (χ3n) is 4.54. The third kappa shape index (κ3) is 4.84. The fourth-order valence-electron chi connectivity index (χ4n) is 3.09. The van der Waals surface area contributed by atoms with E-state index in [1.807, 2.05) is 31.2 Å². The zero-order chi connectivity index (χ0) is 19.3. The minimum Gasteiger partial charge on any atom is -0.377 e. The molecule has 1 aliphatic rings. The van der Waals surface area contributed by atoms with Gasteiger partial charge in [-0.05, 0) is 44.0 Å².